The molecule has 0 aliphatic heterocycles. The second-order valence-electron chi connectivity index (χ2n) is 4.24. The number of nitro groups is 1. The van der Waals surface area contributed by atoms with Crippen molar-refractivity contribution in [2.45, 2.75) is 19.3 Å². The summed E-state index contributed by atoms with van der Waals surface area (Å²) in [6.45, 7) is 4.18. The number of methoxy groups -OCH3 is 1. The fourth-order valence-corrected chi connectivity index (χ4v) is 1.52. The molecule has 1 rings (SSSR count). The van der Waals surface area contributed by atoms with E-state index in [0.29, 0.717) is 12.2 Å². The number of nitro benzene ring substituents is 1. The van der Waals surface area contributed by atoms with Gasteiger partial charge in [0.15, 0.2) is 0 Å². The molecule has 0 saturated carbocycles. The van der Waals surface area contributed by atoms with Crippen LogP contribution in [0.25, 0.3) is 0 Å². The highest BCUT2D eigenvalue weighted by molar-refractivity contribution is 5.39. The van der Waals surface area contributed by atoms with Gasteiger partial charge in [-0.2, -0.15) is 4.39 Å². The first kappa shape index (κ1) is 12.6. The van der Waals surface area contributed by atoms with Crippen LogP contribution in [0.1, 0.15) is 19.4 Å². The minimum atomic E-state index is -0.818. The molecule has 0 aliphatic carbocycles. The lowest BCUT2D eigenvalue weighted by molar-refractivity contribution is -0.387. The first-order valence-electron chi connectivity index (χ1n) is 4.82. The Morgan fingerprint density at radius 3 is 2.62 bits per heavy atom. The molecule has 0 radical (unpaired) electrons. The van der Waals surface area contributed by atoms with E-state index in [-0.39, 0.29) is 5.41 Å². The normalized spacial score (nSPS) is 11.5. The standard InChI is InChI=1S/C11H14FNO3/c1-11(2,7-16-3)8-4-5-9(12)10(6-8)13(14)15/h4-6H,7H2,1-3H3. The van der Waals surface area contributed by atoms with E-state index in [9.17, 15) is 14.5 Å². The third-order valence-electron chi connectivity index (χ3n) is 2.43. The summed E-state index contributed by atoms with van der Waals surface area (Å²) < 4.78 is 18.1. The van der Waals surface area contributed by atoms with Gasteiger partial charge in [0.2, 0.25) is 5.82 Å². The molecule has 16 heavy (non-hydrogen) atoms. The molecule has 1 aromatic carbocycles. The van der Waals surface area contributed by atoms with E-state index < -0.39 is 16.4 Å². The average Bonchev–Trinajstić information content (AvgIpc) is 2.17. The lowest BCUT2D eigenvalue weighted by Gasteiger charge is -2.23. The van der Waals surface area contributed by atoms with Crippen molar-refractivity contribution < 1.29 is 14.1 Å². The zero-order chi connectivity index (χ0) is 12.3. The fourth-order valence-electron chi connectivity index (χ4n) is 1.52. The Kier molecular flexibility index (Phi) is 3.59. The van der Waals surface area contributed by atoms with E-state index in [1.807, 2.05) is 13.8 Å². The molecule has 1 aromatic rings. The Morgan fingerprint density at radius 2 is 2.12 bits per heavy atom. The van der Waals surface area contributed by atoms with Gasteiger partial charge in [-0.05, 0) is 11.6 Å². The Bertz CT molecular complexity index is 404. The van der Waals surface area contributed by atoms with Crippen molar-refractivity contribution in [1.29, 1.82) is 0 Å². The fraction of sp³-hybridized carbons (Fsp3) is 0.455. The van der Waals surface area contributed by atoms with Gasteiger partial charge in [0.05, 0.1) is 11.5 Å². The van der Waals surface area contributed by atoms with Crippen LogP contribution >= 0.6 is 0 Å². The summed E-state index contributed by atoms with van der Waals surface area (Å²) in [6.07, 6.45) is 0. The smallest absolute Gasteiger partial charge is 0.305 e. The van der Waals surface area contributed by atoms with E-state index in [4.69, 9.17) is 4.74 Å². The molecule has 0 aliphatic rings. The summed E-state index contributed by atoms with van der Waals surface area (Å²) in [5.74, 6) is -0.818. The molecule has 0 spiro atoms. The van der Waals surface area contributed by atoms with Crippen LogP contribution in [0.2, 0.25) is 0 Å². The van der Waals surface area contributed by atoms with Gasteiger partial charge in [0.25, 0.3) is 0 Å². The minimum Gasteiger partial charge on any atom is -0.384 e. The zero-order valence-electron chi connectivity index (χ0n) is 9.49. The maximum atomic E-state index is 13.1. The number of rotatable bonds is 4. The number of ether oxygens (including phenoxy) is 1. The number of hydrogen-bond acceptors (Lipinski definition) is 3. The quantitative estimate of drug-likeness (QED) is 0.587. The Morgan fingerprint density at radius 1 is 1.50 bits per heavy atom. The van der Waals surface area contributed by atoms with Crippen LogP contribution < -0.4 is 0 Å². The Hall–Kier alpha value is -1.49. The third-order valence-corrected chi connectivity index (χ3v) is 2.43. The molecule has 88 valence electrons. The van der Waals surface area contributed by atoms with Crippen LogP contribution in [0.15, 0.2) is 18.2 Å². The van der Waals surface area contributed by atoms with E-state index in [0.717, 1.165) is 6.07 Å². The van der Waals surface area contributed by atoms with Gasteiger partial charge >= 0.3 is 5.69 Å². The maximum Gasteiger partial charge on any atom is 0.305 e. The maximum absolute atomic E-state index is 13.1. The van der Waals surface area contributed by atoms with Crippen molar-refractivity contribution >= 4 is 5.69 Å². The molecule has 0 saturated heterocycles. The van der Waals surface area contributed by atoms with Gasteiger partial charge in [0.1, 0.15) is 0 Å². The van der Waals surface area contributed by atoms with Crippen molar-refractivity contribution in [2.24, 2.45) is 0 Å². The van der Waals surface area contributed by atoms with Crippen LogP contribution in [0, 0.1) is 15.9 Å². The SMILES string of the molecule is COCC(C)(C)c1ccc(F)c([N+](=O)[O-])c1. The number of hydrogen-bond donors (Lipinski definition) is 0. The van der Waals surface area contributed by atoms with Gasteiger partial charge in [0, 0.05) is 18.6 Å². The predicted molar refractivity (Wildman–Crippen MR) is 58.0 cm³/mol. The molecule has 0 heterocycles. The molecule has 0 N–H and O–H groups in total. The molecule has 5 heteroatoms. The second kappa shape index (κ2) is 4.57. The van der Waals surface area contributed by atoms with Crippen molar-refractivity contribution in [3.63, 3.8) is 0 Å². The molecule has 0 fully saturated rings. The van der Waals surface area contributed by atoms with Crippen LogP contribution in [-0.2, 0) is 10.2 Å². The second-order valence-corrected chi connectivity index (χ2v) is 4.24. The number of benzene rings is 1. The zero-order valence-corrected chi connectivity index (χ0v) is 9.49. The van der Waals surface area contributed by atoms with Gasteiger partial charge in [-0.25, -0.2) is 0 Å². The monoisotopic (exact) mass is 227 g/mol. The van der Waals surface area contributed by atoms with Crippen LogP contribution in [0.4, 0.5) is 10.1 Å². The van der Waals surface area contributed by atoms with Gasteiger partial charge in [-0.1, -0.05) is 19.9 Å². The van der Waals surface area contributed by atoms with Crippen LogP contribution in [-0.4, -0.2) is 18.6 Å². The lowest BCUT2D eigenvalue weighted by atomic mass is 9.85. The highest BCUT2D eigenvalue weighted by Gasteiger charge is 2.24. The molecular formula is C11H14FNO3. The minimum absolute atomic E-state index is 0.382. The molecule has 0 unspecified atom stereocenters. The topological polar surface area (TPSA) is 52.4 Å². The highest BCUT2D eigenvalue weighted by atomic mass is 19.1. The van der Waals surface area contributed by atoms with Gasteiger partial charge in [-0.15, -0.1) is 0 Å². The average molecular weight is 227 g/mol. The summed E-state index contributed by atoms with van der Waals surface area (Å²) in [5.41, 5.74) is -0.197. The Labute approximate surface area is 93.2 Å². The molecule has 0 atom stereocenters. The van der Waals surface area contributed by atoms with Crippen molar-refractivity contribution in [3.05, 3.63) is 39.7 Å². The van der Waals surface area contributed by atoms with Crippen molar-refractivity contribution in [3.8, 4) is 0 Å². The van der Waals surface area contributed by atoms with E-state index >= 15 is 0 Å². The van der Waals surface area contributed by atoms with E-state index in [1.165, 1.54) is 6.07 Å². The lowest BCUT2D eigenvalue weighted by Crippen LogP contribution is -2.23. The summed E-state index contributed by atoms with van der Waals surface area (Å²) >= 11 is 0. The van der Waals surface area contributed by atoms with Crippen molar-refractivity contribution in [1.82, 2.24) is 0 Å². The van der Waals surface area contributed by atoms with Crippen LogP contribution in [0.3, 0.4) is 0 Å². The van der Waals surface area contributed by atoms with Gasteiger partial charge in [-0.3, -0.25) is 10.1 Å². The van der Waals surface area contributed by atoms with Gasteiger partial charge < -0.3 is 4.74 Å². The van der Waals surface area contributed by atoms with Crippen molar-refractivity contribution in [2.75, 3.05) is 13.7 Å². The molecule has 4 nitrogen and oxygen atoms in total. The Balaban J connectivity index is 3.17. The first-order chi connectivity index (χ1) is 7.38. The number of halogens is 1. The first-order valence-corrected chi connectivity index (χ1v) is 4.82. The van der Waals surface area contributed by atoms with E-state index in [2.05, 4.69) is 0 Å². The highest BCUT2D eigenvalue weighted by Crippen LogP contribution is 2.28. The molecule has 0 aromatic heterocycles. The summed E-state index contributed by atoms with van der Waals surface area (Å²) in [5, 5.41) is 10.6. The molecule has 0 amide bonds. The summed E-state index contributed by atoms with van der Waals surface area (Å²) in [4.78, 5) is 9.87. The molecule has 0 bridgehead atoms. The summed E-state index contributed by atoms with van der Waals surface area (Å²) in [7, 11) is 1.56. The summed E-state index contributed by atoms with van der Waals surface area (Å²) in [6, 6.07) is 3.92. The van der Waals surface area contributed by atoms with Crippen LogP contribution in [0.5, 0.6) is 0 Å². The molecular weight excluding hydrogens is 213 g/mol. The predicted octanol–water partition coefficient (Wildman–Crippen LogP) is 2.66. The number of nitrogens with zero attached hydrogens (tertiary/aromatic N) is 1. The third kappa shape index (κ3) is 2.55. The van der Waals surface area contributed by atoms with E-state index in [1.54, 1.807) is 13.2 Å². The largest absolute Gasteiger partial charge is 0.384 e.